The van der Waals surface area contributed by atoms with Crippen LogP contribution in [0.2, 0.25) is 0 Å². The molecule has 0 aliphatic carbocycles. The summed E-state index contributed by atoms with van der Waals surface area (Å²) in [7, 11) is -0.141. The molecule has 0 spiro atoms. The highest BCUT2D eigenvalue weighted by Crippen LogP contribution is 2.17. The zero-order chi connectivity index (χ0) is 9.90. The second kappa shape index (κ2) is 4.08. The van der Waals surface area contributed by atoms with Gasteiger partial charge < -0.3 is 9.63 Å². The molecule has 0 aliphatic heterocycles. The summed E-state index contributed by atoms with van der Waals surface area (Å²) in [5.74, 6) is 0.842. The van der Waals surface area contributed by atoms with E-state index in [1.807, 2.05) is 45.0 Å². The molecule has 3 heteroatoms. The van der Waals surface area contributed by atoms with Crippen LogP contribution in [0.15, 0.2) is 24.3 Å². The zero-order valence-electron chi connectivity index (χ0n) is 8.16. The smallest absolute Gasteiger partial charge is 0.120 e. The third-order valence-corrected chi connectivity index (χ3v) is 2.00. The minimum atomic E-state index is -0.164. The molecule has 0 amide bonds. The Morgan fingerprint density at radius 2 is 1.69 bits per heavy atom. The lowest BCUT2D eigenvalue weighted by molar-refractivity contribution is 0.131. The quantitative estimate of drug-likeness (QED) is 0.737. The van der Waals surface area contributed by atoms with Crippen LogP contribution in [0.4, 0.5) is 0 Å². The van der Waals surface area contributed by atoms with Crippen LogP contribution in [0.5, 0.6) is 5.75 Å². The van der Waals surface area contributed by atoms with E-state index in [1.54, 1.807) is 0 Å². The van der Waals surface area contributed by atoms with Crippen LogP contribution in [-0.2, 0) is 0 Å². The van der Waals surface area contributed by atoms with Crippen LogP contribution in [0.1, 0.15) is 20.8 Å². The van der Waals surface area contributed by atoms with Crippen molar-refractivity contribution in [1.82, 2.24) is 0 Å². The summed E-state index contributed by atoms with van der Waals surface area (Å²) in [4.78, 5) is 8.85. The summed E-state index contributed by atoms with van der Waals surface area (Å²) in [6.07, 6.45) is 0. The van der Waals surface area contributed by atoms with Crippen molar-refractivity contribution in [3.05, 3.63) is 24.3 Å². The lowest BCUT2D eigenvalue weighted by Crippen LogP contribution is -2.23. The summed E-state index contributed by atoms with van der Waals surface area (Å²) >= 11 is 0. The minimum absolute atomic E-state index is 0.141. The van der Waals surface area contributed by atoms with Gasteiger partial charge in [-0.25, -0.2) is 0 Å². The van der Waals surface area contributed by atoms with Crippen molar-refractivity contribution in [2.45, 2.75) is 26.4 Å². The Kier molecular flexibility index (Phi) is 3.29. The van der Waals surface area contributed by atoms with Crippen LogP contribution < -0.4 is 10.0 Å². The van der Waals surface area contributed by atoms with Gasteiger partial charge >= 0.3 is 0 Å². The van der Waals surface area contributed by atoms with Gasteiger partial charge in [0.2, 0.25) is 0 Å². The highest BCUT2D eigenvalue weighted by Gasteiger charge is 2.10. The van der Waals surface area contributed by atoms with Crippen LogP contribution >= 0.6 is 8.81 Å². The first-order valence-electron chi connectivity index (χ1n) is 4.20. The lowest BCUT2D eigenvalue weighted by Gasteiger charge is -2.21. The molecule has 1 rings (SSSR count). The van der Waals surface area contributed by atoms with Crippen molar-refractivity contribution in [2.24, 2.45) is 0 Å². The molecule has 2 nitrogen and oxygen atoms in total. The number of hydrogen-bond donors (Lipinski definition) is 1. The van der Waals surface area contributed by atoms with E-state index in [4.69, 9.17) is 9.63 Å². The number of benzene rings is 1. The third-order valence-electron chi connectivity index (χ3n) is 1.41. The van der Waals surface area contributed by atoms with E-state index in [2.05, 4.69) is 0 Å². The Hall–Kier alpha value is -0.590. The molecular weight excluding hydrogens is 183 g/mol. The van der Waals surface area contributed by atoms with Crippen LogP contribution in [0, 0.1) is 0 Å². The topological polar surface area (TPSA) is 29.5 Å². The zero-order valence-corrected chi connectivity index (χ0v) is 9.16. The molecular formula is C10H15O2P. The molecule has 13 heavy (non-hydrogen) atoms. The maximum Gasteiger partial charge on any atom is 0.120 e. The first-order chi connectivity index (χ1) is 6.01. The molecule has 0 heterocycles. The molecule has 1 atom stereocenters. The fourth-order valence-electron chi connectivity index (χ4n) is 0.951. The molecule has 0 saturated carbocycles. The summed E-state index contributed by atoms with van der Waals surface area (Å²) in [6.45, 7) is 6.03. The van der Waals surface area contributed by atoms with E-state index in [9.17, 15) is 0 Å². The van der Waals surface area contributed by atoms with Crippen molar-refractivity contribution in [2.75, 3.05) is 0 Å². The molecule has 0 bridgehead atoms. The molecule has 1 aromatic rings. The molecule has 0 fully saturated rings. The predicted octanol–water partition coefficient (Wildman–Crippen LogP) is 2.07. The minimum Gasteiger partial charge on any atom is -0.488 e. The van der Waals surface area contributed by atoms with Crippen molar-refractivity contribution in [3.8, 4) is 5.75 Å². The number of hydrogen-bond acceptors (Lipinski definition) is 2. The first kappa shape index (κ1) is 10.5. The summed E-state index contributed by atoms with van der Waals surface area (Å²) in [5, 5.41) is 0.932. The summed E-state index contributed by atoms with van der Waals surface area (Å²) in [5.41, 5.74) is -0.164. The SMILES string of the molecule is CC(C)(C)Oc1ccc(PO)cc1. The van der Waals surface area contributed by atoms with Crippen molar-refractivity contribution < 1.29 is 9.63 Å². The van der Waals surface area contributed by atoms with E-state index < -0.39 is 0 Å². The van der Waals surface area contributed by atoms with Gasteiger partial charge in [-0.15, -0.1) is 0 Å². The van der Waals surface area contributed by atoms with Gasteiger partial charge in [-0.1, -0.05) is 0 Å². The maximum absolute atomic E-state index is 8.85. The van der Waals surface area contributed by atoms with E-state index in [-0.39, 0.29) is 14.4 Å². The maximum atomic E-state index is 8.85. The summed E-state index contributed by atoms with van der Waals surface area (Å²) < 4.78 is 5.62. The lowest BCUT2D eigenvalue weighted by atomic mass is 10.2. The molecule has 0 saturated heterocycles. The van der Waals surface area contributed by atoms with Gasteiger partial charge in [0.15, 0.2) is 0 Å². The highest BCUT2D eigenvalue weighted by molar-refractivity contribution is 7.40. The Morgan fingerprint density at radius 3 is 2.08 bits per heavy atom. The van der Waals surface area contributed by atoms with Crippen LogP contribution in [0.3, 0.4) is 0 Å². The molecule has 1 unspecified atom stereocenters. The third kappa shape index (κ3) is 3.75. The normalized spacial score (nSPS) is 12.3. The molecule has 1 aromatic carbocycles. The Morgan fingerprint density at radius 1 is 1.15 bits per heavy atom. The fraction of sp³-hybridized carbons (Fsp3) is 0.400. The van der Waals surface area contributed by atoms with Gasteiger partial charge in [-0.05, 0) is 50.3 Å². The average molecular weight is 198 g/mol. The van der Waals surface area contributed by atoms with Crippen LogP contribution in [-0.4, -0.2) is 10.5 Å². The van der Waals surface area contributed by atoms with Crippen molar-refractivity contribution >= 4 is 14.1 Å². The van der Waals surface area contributed by atoms with Crippen molar-refractivity contribution in [1.29, 1.82) is 0 Å². The van der Waals surface area contributed by atoms with Gasteiger partial charge in [-0.2, -0.15) is 0 Å². The number of ether oxygens (including phenoxy) is 1. The van der Waals surface area contributed by atoms with E-state index in [1.165, 1.54) is 0 Å². The molecule has 72 valence electrons. The Labute approximate surface area is 80.8 Å². The van der Waals surface area contributed by atoms with Gasteiger partial charge in [0.05, 0.1) is 0 Å². The largest absolute Gasteiger partial charge is 0.488 e. The second-order valence-corrected chi connectivity index (χ2v) is 4.65. The van der Waals surface area contributed by atoms with E-state index >= 15 is 0 Å². The first-order valence-corrected chi connectivity index (χ1v) is 5.15. The molecule has 0 aromatic heterocycles. The Balaban J connectivity index is 2.70. The van der Waals surface area contributed by atoms with E-state index in [0.29, 0.717) is 0 Å². The monoisotopic (exact) mass is 198 g/mol. The average Bonchev–Trinajstić information content (AvgIpc) is 2.03. The Bertz CT molecular complexity index is 261. The summed E-state index contributed by atoms with van der Waals surface area (Å²) in [6, 6.07) is 7.51. The standard InChI is InChI=1S/C10H15O2P/c1-10(2,3)12-8-4-6-9(13-11)7-5-8/h4-7,11,13H,1-3H3. The number of rotatable bonds is 2. The van der Waals surface area contributed by atoms with Gasteiger partial charge in [0.1, 0.15) is 11.4 Å². The predicted molar refractivity (Wildman–Crippen MR) is 57.0 cm³/mol. The van der Waals surface area contributed by atoms with Gasteiger partial charge in [0, 0.05) is 8.81 Å². The van der Waals surface area contributed by atoms with Gasteiger partial charge in [-0.3, -0.25) is 0 Å². The van der Waals surface area contributed by atoms with E-state index in [0.717, 1.165) is 11.1 Å². The van der Waals surface area contributed by atoms with Gasteiger partial charge in [0.25, 0.3) is 0 Å². The highest BCUT2D eigenvalue weighted by atomic mass is 31.1. The fourth-order valence-corrected chi connectivity index (χ4v) is 1.27. The molecule has 1 N–H and O–H groups in total. The second-order valence-electron chi connectivity index (χ2n) is 3.85. The molecule has 0 aliphatic rings. The molecule has 0 radical (unpaired) electrons. The van der Waals surface area contributed by atoms with Crippen molar-refractivity contribution in [3.63, 3.8) is 0 Å². The van der Waals surface area contributed by atoms with Crippen LogP contribution in [0.25, 0.3) is 0 Å².